The van der Waals surface area contributed by atoms with Crippen LogP contribution in [0.1, 0.15) is 11.1 Å². The maximum Gasteiger partial charge on any atom is 0.418 e. The third kappa shape index (κ3) is 4.62. The lowest BCUT2D eigenvalue weighted by atomic mass is 10.1. The highest BCUT2D eigenvalue weighted by atomic mass is 35.5. The van der Waals surface area contributed by atoms with Crippen LogP contribution in [0.5, 0.6) is 0 Å². The summed E-state index contributed by atoms with van der Waals surface area (Å²) in [5.74, 6) is 0.140. The van der Waals surface area contributed by atoms with Crippen molar-refractivity contribution >= 4 is 34.7 Å². The maximum absolute atomic E-state index is 13.2. The molecule has 0 saturated heterocycles. The SMILES string of the molecule is N#Cc1ccc(Nc2cnnc(Nc3ccc(Cl)cc3C(F)(F)F)n2)cc1. The van der Waals surface area contributed by atoms with Gasteiger partial charge in [-0.05, 0) is 42.5 Å². The van der Waals surface area contributed by atoms with E-state index >= 15 is 0 Å². The van der Waals surface area contributed by atoms with Gasteiger partial charge in [0.25, 0.3) is 0 Å². The molecular formula is C17H10ClF3N6. The second-order valence-corrected chi connectivity index (χ2v) is 5.73. The molecule has 0 aliphatic carbocycles. The molecular weight excluding hydrogens is 381 g/mol. The summed E-state index contributed by atoms with van der Waals surface area (Å²) in [7, 11) is 0. The van der Waals surface area contributed by atoms with E-state index in [1.165, 1.54) is 18.3 Å². The topological polar surface area (TPSA) is 86.5 Å². The summed E-state index contributed by atoms with van der Waals surface area (Å²) in [6.45, 7) is 0. The largest absolute Gasteiger partial charge is 0.418 e. The van der Waals surface area contributed by atoms with E-state index in [2.05, 4.69) is 25.8 Å². The van der Waals surface area contributed by atoms with Crippen LogP contribution in [0.2, 0.25) is 5.02 Å². The molecule has 27 heavy (non-hydrogen) atoms. The van der Waals surface area contributed by atoms with Gasteiger partial charge in [-0.25, -0.2) is 0 Å². The van der Waals surface area contributed by atoms with Gasteiger partial charge in [-0.2, -0.15) is 28.5 Å². The van der Waals surface area contributed by atoms with Crippen molar-refractivity contribution in [1.82, 2.24) is 15.2 Å². The molecule has 0 atom stereocenters. The van der Waals surface area contributed by atoms with Gasteiger partial charge >= 0.3 is 6.18 Å². The van der Waals surface area contributed by atoms with Crippen LogP contribution < -0.4 is 10.6 Å². The van der Waals surface area contributed by atoms with Crippen molar-refractivity contribution in [1.29, 1.82) is 5.26 Å². The molecule has 136 valence electrons. The first-order valence-corrected chi connectivity index (χ1v) is 7.83. The Morgan fingerprint density at radius 1 is 1.04 bits per heavy atom. The quantitative estimate of drug-likeness (QED) is 0.658. The van der Waals surface area contributed by atoms with E-state index in [9.17, 15) is 13.2 Å². The molecule has 0 aliphatic rings. The Balaban J connectivity index is 1.83. The van der Waals surface area contributed by atoms with Crippen molar-refractivity contribution in [3.05, 3.63) is 64.8 Å². The maximum atomic E-state index is 13.2. The third-order valence-corrected chi connectivity index (χ3v) is 3.61. The first kappa shape index (κ1) is 18.4. The van der Waals surface area contributed by atoms with Crippen molar-refractivity contribution in [2.24, 2.45) is 0 Å². The third-order valence-electron chi connectivity index (χ3n) is 3.38. The highest BCUT2D eigenvalue weighted by molar-refractivity contribution is 6.30. The van der Waals surface area contributed by atoms with E-state index in [1.807, 2.05) is 6.07 Å². The highest BCUT2D eigenvalue weighted by Crippen LogP contribution is 2.37. The zero-order valence-electron chi connectivity index (χ0n) is 13.4. The van der Waals surface area contributed by atoms with Crippen LogP contribution >= 0.6 is 11.6 Å². The number of alkyl halides is 3. The molecule has 0 unspecified atom stereocenters. The number of benzene rings is 2. The van der Waals surface area contributed by atoms with Crippen molar-refractivity contribution in [3.63, 3.8) is 0 Å². The van der Waals surface area contributed by atoms with E-state index in [0.717, 1.165) is 6.07 Å². The second kappa shape index (κ2) is 7.47. The second-order valence-electron chi connectivity index (χ2n) is 5.29. The van der Waals surface area contributed by atoms with Gasteiger partial charge in [0.1, 0.15) is 0 Å². The number of rotatable bonds is 4. The Labute approximate surface area is 156 Å². The molecule has 6 nitrogen and oxygen atoms in total. The lowest BCUT2D eigenvalue weighted by Crippen LogP contribution is -2.10. The van der Waals surface area contributed by atoms with Crippen LogP contribution in [0.4, 0.5) is 36.3 Å². The minimum Gasteiger partial charge on any atom is -0.339 e. The van der Waals surface area contributed by atoms with E-state index in [-0.39, 0.29) is 22.5 Å². The molecule has 0 aliphatic heterocycles. The van der Waals surface area contributed by atoms with Crippen LogP contribution in [-0.4, -0.2) is 15.2 Å². The zero-order chi connectivity index (χ0) is 19.4. The molecule has 2 aromatic carbocycles. The van der Waals surface area contributed by atoms with Gasteiger partial charge < -0.3 is 10.6 Å². The minimum atomic E-state index is -4.60. The Morgan fingerprint density at radius 3 is 2.44 bits per heavy atom. The number of aromatic nitrogens is 3. The number of nitriles is 1. The smallest absolute Gasteiger partial charge is 0.339 e. The Bertz CT molecular complexity index is 999. The number of nitrogens with zero attached hydrogens (tertiary/aromatic N) is 4. The van der Waals surface area contributed by atoms with Crippen LogP contribution in [0.25, 0.3) is 0 Å². The molecule has 0 amide bonds. The molecule has 0 radical (unpaired) electrons. The van der Waals surface area contributed by atoms with E-state index < -0.39 is 11.7 Å². The van der Waals surface area contributed by atoms with Gasteiger partial charge in [-0.3, -0.25) is 0 Å². The molecule has 10 heteroatoms. The number of anilines is 4. The average Bonchev–Trinajstić information content (AvgIpc) is 2.63. The highest BCUT2D eigenvalue weighted by Gasteiger charge is 2.34. The Morgan fingerprint density at radius 2 is 1.78 bits per heavy atom. The normalized spacial score (nSPS) is 10.9. The molecule has 2 N–H and O–H groups in total. The van der Waals surface area contributed by atoms with Gasteiger partial charge in [0, 0.05) is 10.7 Å². The molecule has 1 heterocycles. The van der Waals surface area contributed by atoms with Gasteiger partial charge in [0.2, 0.25) is 5.95 Å². The fourth-order valence-corrected chi connectivity index (χ4v) is 2.35. The van der Waals surface area contributed by atoms with Crippen LogP contribution in [-0.2, 0) is 6.18 Å². The predicted octanol–water partition coefficient (Wildman–Crippen LogP) is 4.90. The predicted molar refractivity (Wildman–Crippen MR) is 94.0 cm³/mol. The number of nitrogens with one attached hydrogen (secondary N) is 2. The summed E-state index contributed by atoms with van der Waals surface area (Å²) in [6.07, 6.45) is -3.28. The molecule has 0 spiro atoms. The van der Waals surface area contributed by atoms with Crippen molar-refractivity contribution in [3.8, 4) is 6.07 Å². The molecule has 0 saturated carbocycles. The average molecular weight is 391 g/mol. The van der Waals surface area contributed by atoms with E-state index in [1.54, 1.807) is 24.3 Å². The molecule has 0 fully saturated rings. The fraction of sp³-hybridized carbons (Fsp3) is 0.0588. The summed E-state index contributed by atoms with van der Waals surface area (Å²) in [5.41, 5.74) is -0.0673. The van der Waals surface area contributed by atoms with Crippen molar-refractivity contribution < 1.29 is 13.2 Å². The number of hydrogen-bond donors (Lipinski definition) is 2. The Kier molecular flexibility index (Phi) is 5.09. The summed E-state index contributed by atoms with van der Waals surface area (Å²) in [6, 6.07) is 11.9. The summed E-state index contributed by atoms with van der Waals surface area (Å²) >= 11 is 5.66. The van der Waals surface area contributed by atoms with Crippen LogP contribution in [0, 0.1) is 11.3 Å². The van der Waals surface area contributed by atoms with Crippen LogP contribution in [0.3, 0.4) is 0 Å². The van der Waals surface area contributed by atoms with Gasteiger partial charge in [-0.15, -0.1) is 5.10 Å². The molecule has 0 bridgehead atoms. The number of halogens is 4. The first-order valence-electron chi connectivity index (χ1n) is 7.46. The van der Waals surface area contributed by atoms with E-state index in [0.29, 0.717) is 11.3 Å². The summed E-state index contributed by atoms with van der Waals surface area (Å²) in [5, 5.41) is 21.6. The fourth-order valence-electron chi connectivity index (χ4n) is 2.17. The minimum absolute atomic E-state index is 0.0387. The van der Waals surface area contributed by atoms with Crippen LogP contribution in [0.15, 0.2) is 48.7 Å². The molecule has 1 aromatic heterocycles. The monoisotopic (exact) mass is 390 g/mol. The number of hydrogen-bond acceptors (Lipinski definition) is 6. The Hall–Kier alpha value is -3.38. The van der Waals surface area contributed by atoms with Gasteiger partial charge in [0.15, 0.2) is 5.82 Å². The van der Waals surface area contributed by atoms with E-state index in [4.69, 9.17) is 16.9 Å². The lowest BCUT2D eigenvalue weighted by Gasteiger charge is -2.14. The summed E-state index contributed by atoms with van der Waals surface area (Å²) in [4.78, 5) is 4.09. The zero-order valence-corrected chi connectivity index (χ0v) is 14.2. The van der Waals surface area contributed by atoms with Gasteiger partial charge in [0.05, 0.1) is 29.1 Å². The summed E-state index contributed by atoms with van der Waals surface area (Å²) < 4.78 is 39.5. The van der Waals surface area contributed by atoms with Gasteiger partial charge in [-0.1, -0.05) is 11.6 Å². The standard InChI is InChI=1S/C17H10ClF3N6/c18-11-3-6-14(13(7-11)17(19,20)21)25-16-26-15(9-23-27-16)24-12-4-1-10(8-22)2-5-12/h1-7,9H,(H2,24,25,26,27). The first-order chi connectivity index (χ1) is 12.8. The van der Waals surface area contributed by atoms with Crippen molar-refractivity contribution in [2.75, 3.05) is 10.6 Å². The lowest BCUT2D eigenvalue weighted by molar-refractivity contribution is -0.136. The molecule has 3 aromatic rings. The molecule has 3 rings (SSSR count). The van der Waals surface area contributed by atoms with Crippen molar-refractivity contribution in [2.45, 2.75) is 6.18 Å².